The molecule has 1 fully saturated rings. The standard InChI is InChI=1S/C20H21N3O4/c1-13(24)22-10-8-14-12-15(6-7-16(14)22)21-19(25)17-4-2-9-23(17)20(26)18-5-3-11-27-18/h3,5-7,11-12,17H,2,4,8-10H2,1H3,(H,21,25). The number of rotatable bonds is 3. The van der Waals surface area contributed by atoms with Crippen molar-refractivity contribution in [3.63, 3.8) is 0 Å². The van der Waals surface area contributed by atoms with Crippen molar-refractivity contribution in [2.45, 2.75) is 32.2 Å². The van der Waals surface area contributed by atoms with Gasteiger partial charge in [0, 0.05) is 31.4 Å². The van der Waals surface area contributed by atoms with Crippen LogP contribution in [-0.2, 0) is 16.0 Å². The monoisotopic (exact) mass is 367 g/mol. The summed E-state index contributed by atoms with van der Waals surface area (Å²) in [6.07, 6.45) is 3.63. The zero-order valence-electron chi connectivity index (χ0n) is 15.1. The Morgan fingerprint density at radius 3 is 2.78 bits per heavy atom. The molecule has 4 rings (SSSR count). The van der Waals surface area contributed by atoms with Crippen molar-refractivity contribution in [2.75, 3.05) is 23.3 Å². The Hall–Kier alpha value is -3.09. The second kappa shape index (κ2) is 6.90. The molecule has 27 heavy (non-hydrogen) atoms. The molecule has 2 aliphatic heterocycles. The maximum absolute atomic E-state index is 12.8. The van der Waals surface area contributed by atoms with Crippen molar-refractivity contribution in [1.29, 1.82) is 0 Å². The third-order valence-electron chi connectivity index (χ3n) is 5.17. The molecule has 3 amide bonds. The lowest BCUT2D eigenvalue weighted by molar-refractivity contribution is -0.119. The van der Waals surface area contributed by atoms with E-state index in [1.165, 1.54) is 6.26 Å². The predicted molar refractivity (Wildman–Crippen MR) is 99.6 cm³/mol. The molecule has 1 N–H and O–H groups in total. The Morgan fingerprint density at radius 1 is 1.19 bits per heavy atom. The topological polar surface area (TPSA) is 82.9 Å². The van der Waals surface area contributed by atoms with Gasteiger partial charge in [0.25, 0.3) is 5.91 Å². The molecule has 2 aliphatic rings. The van der Waals surface area contributed by atoms with Crippen LogP contribution in [0, 0.1) is 0 Å². The lowest BCUT2D eigenvalue weighted by Gasteiger charge is -2.23. The lowest BCUT2D eigenvalue weighted by Crippen LogP contribution is -2.43. The van der Waals surface area contributed by atoms with E-state index in [0.29, 0.717) is 25.2 Å². The molecule has 1 unspecified atom stereocenters. The van der Waals surface area contributed by atoms with Crippen molar-refractivity contribution < 1.29 is 18.8 Å². The molecular formula is C20H21N3O4. The molecule has 0 saturated carbocycles. The summed E-state index contributed by atoms with van der Waals surface area (Å²) in [7, 11) is 0. The summed E-state index contributed by atoms with van der Waals surface area (Å²) < 4.78 is 5.18. The van der Waals surface area contributed by atoms with E-state index in [2.05, 4.69) is 5.32 Å². The Morgan fingerprint density at radius 2 is 2.04 bits per heavy atom. The number of amides is 3. The fraction of sp³-hybridized carbons (Fsp3) is 0.350. The highest BCUT2D eigenvalue weighted by Crippen LogP contribution is 2.31. The first-order valence-corrected chi connectivity index (χ1v) is 9.11. The molecule has 0 aliphatic carbocycles. The summed E-state index contributed by atoms with van der Waals surface area (Å²) in [4.78, 5) is 40.3. The first-order chi connectivity index (χ1) is 13.0. The maximum Gasteiger partial charge on any atom is 0.290 e. The summed E-state index contributed by atoms with van der Waals surface area (Å²) in [5.41, 5.74) is 2.62. The Bertz CT molecular complexity index is 891. The van der Waals surface area contributed by atoms with Gasteiger partial charge in [-0.1, -0.05) is 0 Å². The SMILES string of the molecule is CC(=O)N1CCc2cc(NC(=O)C3CCCN3C(=O)c3ccco3)ccc21. The number of nitrogens with one attached hydrogen (secondary N) is 1. The molecule has 3 heterocycles. The second-order valence-electron chi connectivity index (χ2n) is 6.89. The maximum atomic E-state index is 12.8. The first kappa shape index (κ1) is 17.3. The number of furan rings is 1. The predicted octanol–water partition coefficient (Wildman–Crippen LogP) is 2.43. The quantitative estimate of drug-likeness (QED) is 0.903. The molecule has 1 aromatic heterocycles. The van der Waals surface area contributed by atoms with Crippen molar-refractivity contribution in [2.24, 2.45) is 0 Å². The van der Waals surface area contributed by atoms with Crippen molar-refractivity contribution in [1.82, 2.24) is 4.90 Å². The normalized spacial score (nSPS) is 18.5. The fourth-order valence-corrected chi connectivity index (χ4v) is 3.86. The molecule has 2 aromatic rings. The van der Waals surface area contributed by atoms with Crippen LogP contribution in [0.25, 0.3) is 0 Å². The molecule has 7 heteroatoms. The minimum Gasteiger partial charge on any atom is -0.459 e. The number of hydrogen-bond acceptors (Lipinski definition) is 4. The molecule has 0 bridgehead atoms. The van der Waals surface area contributed by atoms with Crippen LogP contribution < -0.4 is 10.2 Å². The van der Waals surface area contributed by atoms with Gasteiger partial charge in [-0.15, -0.1) is 0 Å². The number of carbonyl (C=O) groups is 3. The third-order valence-corrected chi connectivity index (χ3v) is 5.17. The molecule has 1 aromatic carbocycles. The van der Waals surface area contributed by atoms with Crippen LogP contribution in [-0.4, -0.2) is 41.8 Å². The van der Waals surface area contributed by atoms with Crippen LogP contribution in [0.15, 0.2) is 41.0 Å². The van der Waals surface area contributed by atoms with Gasteiger partial charge in [0.15, 0.2) is 5.76 Å². The van der Waals surface area contributed by atoms with E-state index in [1.807, 2.05) is 12.1 Å². The zero-order chi connectivity index (χ0) is 19.0. The number of carbonyl (C=O) groups excluding carboxylic acids is 3. The van der Waals surface area contributed by atoms with Crippen LogP contribution in [0.1, 0.15) is 35.9 Å². The van der Waals surface area contributed by atoms with Crippen LogP contribution in [0.4, 0.5) is 11.4 Å². The van der Waals surface area contributed by atoms with Gasteiger partial charge in [-0.05, 0) is 55.2 Å². The number of likely N-dealkylation sites (tertiary alicyclic amines) is 1. The largest absolute Gasteiger partial charge is 0.459 e. The lowest BCUT2D eigenvalue weighted by atomic mass is 10.1. The van der Waals surface area contributed by atoms with Crippen LogP contribution in [0.5, 0.6) is 0 Å². The van der Waals surface area contributed by atoms with E-state index in [4.69, 9.17) is 4.42 Å². The number of hydrogen-bond donors (Lipinski definition) is 1. The molecule has 1 atom stereocenters. The fourth-order valence-electron chi connectivity index (χ4n) is 3.86. The first-order valence-electron chi connectivity index (χ1n) is 9.11. The van der Waals surface area contributed by atoms with Crippen LogP contribution >= 0.6 is 0 Å². The van der Waals surface area contributed by atoms with Gasteiger partial charge in [-0.3, -0.25) is 14.4 Å². The average Bonchev–Trinajstić information content (AvgIpc) is 3.39. The third kappa shape index (κ3) is 3.20. The van der Waals surface area contributed by atoms with Gasteiger partial charge in [0.05, 0.1) is 6.26 Å². The number of anilines is 2. The summed E-state index contributed by atoms with van der Waals surface area (Å²) in [5, 5.41) is 2.92. The smallest absolute Gasteiger partial charge is 0.290 e. The van der Waals surface area contributed by atoms with Crippen molar-refractivity contribution in [3.05, 3.63) is 47.9 Å². The number of nitrogens with zero attached hydrogens (tertiary/aromatic N) is 2. The minimum atomic E-state index is -0.510. The van der Waals surface area contributed by atoms with E-state index < -0.39 is 6.04 Å². The van der Waals surface area contributed by atoms with Gasteiger partial charge in [-0.2, -0.15) is 0 Å². The van der Waals surface area contributed by atoms with Crippen LogP contribution in [0.3, 0.4) is 0 Å². The van der Waals surface area contributed by atoms with E-state index in [9.17, 15) is 14.4 Å². The molecule has 7 nitrogen and oxygen atoms in total. The van der Waals surface area contributed by atoms with Gasteiger partial charge >= 0.3 is 0 Å². The highest BCUT2D eigenvalue weighted by Gasteiger charge is 2.35. The summed E-state index contributed by atoms with van der Waals surface area (Å²) >= 11 is 0. The minimum absolute atomic E-state index is 0.0172. The average molecular weight is 367 g/mol. The van der Waals surface area contributed by atoms with Crippen LogP contribution in [0.2, 0.25) is 0 Å². The Labute approximate surface area is 156 Å². The van der Waals surface area contributed by atoms with Gasteiger partial charge in [-0.25, -0.2) is 0 Å². The number of benzene rings is 1. The highest BCUT2D eigenvalue weighted by molar-refractivity contribution is 6.01. The van der Waals surface area contributed by atoms with E-state index >= 15 is 0 Å². The summed E-state index contributed by atoms with van der Waals surface area (Å²) in [6, 6.07) is 8.32. The van der Waals surface area contributed by atoms with E-state index in [-0.39, 0.29) is 23.5 Å². The zero-order valence-corrected chi connectivity index (χ0v) is 15.1. The van der Waals surface area contributed by atoms with Gasteiger partial charge in [0.1, 0.15) is 6.04 Å². The highest BCUT2D eigenvalue weighted by atomic mass is 16.3. The van der Waals surface area contributed by atoms with E-state index in [0.717, 1.165) is 24.1 Å². The molecule has 1 saturated heterocycles. The van der Waals surface area contributed by atoms with Gasteiger partial charge in [0.2, 0.25) is 11.8 Å². The van der Waals surface area contributed by atoms with Crippen molar-refractivity contribution in [3.8, 4) is 0 Å². The molecule has 140 valence electrons. The summed E-state index contributed by atoms with van der Waals surface area (Å²) in [6.45, 7) is 2.75. The molecule has 0 spiro atoms. The Kier molecular flexibility index (Phi) is 4.43. The molecular weight excluding hydrogens is 346 g/mol. The summed E-state index contributed by atoms with van der Waals surface area (Å²) in [5.74, 6) is -0.197. The number of fused-ring (bicyclic) bond motifs is 1. The second-order valence-corrected chi connectivity index (χ2v) is 6.89. The van der Waals surface area contributed by atoms with E-state index in [1.54, 1.807) is 34.9 Å². The van der Waals surface area contributed by atoms with Crippen molar-refractivity contribution >= 4 is 29.1 Å². The Balaban J connectivity index is 1.47. The molecule has 0 radical (unpaired) electrons. The van der Waals surface area contributed by atoms with Gasteiger partial charge < -0.3 is 19.5 Å².